The van der Waals surface area contributed by atoms with Crippen LogP contribution in [0.25, 0.3) is 10.1 Å². The molecule has 1 aliphatic carbocycles. The van der Waals surface area contributed by atoms with Gasteiger partial charge in [-0.25, -0.2) is 0 Å². The highest BCUT2D eigenvalue weighted by molar-refractivity contribution is 9.09. The normalized spacial score (nSPS) is 16.7. The van der Waals surface area contributed by atoms with Gasteiger partial charge in [-0.15, -0.1) is 11.3 Å². The van der Waals surface area contributed by atoms with Crippen molar-refractivity contribution in [3.8, 4) is 0 Å². The Morgan fingerprint density at radius 3 is 2.83 bits per heavy atom. The van der Waals surface area contributed by atoms with Crippen LogP contribution < -0.4 is 5.32 Å². The predicted octanol–water partition coefficient (Wildman–Crippen LogP) is 3.81. The van der Waals surface area contributed by atoms with Gasteiger partial charge in [-0.1, -0.05) is 34.1 Å². The van der Waals surface area contributed by atoms with Gasteiger partial charge in [-0.05, 0) is 35.8 Å². The molecule has 94 valence electrons. The second kappa shape index (κ2) is 4.67. The molecule has 4 heteroatoms. The zero-order valence-corrected chi connectivity index (χ0v) is 12.3. The lowest BCUT2D eigenvalue weighted by Crippen LogP contribution is -2.30. The maximum atomic E-state index is 12.1. The number of hydrogen-bond donors (Lipinski definition) is 1. The van der Waals surface area contributed by atoms with Gasteiger partial charge < -0.3 is 5.32 Å². The monoisotopic (exact) mass is 323 g/mol. The Morgan fingerprint density at radius 1 is 1.39 bits per heavy atom. The Bertz CT molecular complexity index is 555. The number of carbonyl (C=O) groups excluding carboxylic acids is 1. The van der Waals surface area contributed by atoms with Gasteiger partial charge in [0, 0.05) is 16.6 Å². The molecule has 1 amide bonds. The molecule has 0 spiro atoms. The zero-order valence-electron chi connectivity index (χ0n) is 9.91. The Kier molecular flexibility index (Phi) is 3.16. The van der Waals surface area contributed by atoms with Crippen LogP contribution in [0.5, 0.6) is 0 Å². The Hall–Kier alpha value is -0.870. The van der Waals surface area contributed by atoms with Gasteiger partial charge >= 0.3 is 0 Å². The number of hydrogen-bond acceptors (Lipinski definition) is 2. The zero-order chi connectivity index (χ0) is 12.6. The van der Waals surface area contributed by atoms with E-state index in [9.17, 15) is 4.79 Å². The third-order valence-electron chi connectivity index (χ3n) is 3.51. The molecule has 2 nitrogen and oxygen atoms in total. The maximum Gasteiger partial charge on any atom is 0.261 e. The summed E-state index contributed by atoms with van der Waals surface area (Å²) in [6, 6.07) is 10.1. The summed E-state index contributed by atoms with van der Waals surface area (Å²) in [5.74, 6) is 0.0587. The molecule has 0 unspecified atom stereocenters. The van der Waals surface area contributed by atoms with Crippen LogP contribution in [0.2, 0.25) is 0 Å². The van der Waals surface area contributed by atoms with Crippen molar-refractivity contribution in [2.45, 2.75) is 12.8 Å². The van der Waals surface area contributed by atoms with Gasteiger partial charge in [0.15, 0.2) is 0 Å². The quantitative estimate of drug-likeness (QED) is 0.852. The number of alkyl halides is 1. The molecule has 0 bridgehead atoms. The summed E-state index contributed by atoms with van der Waals surface area (Å²) in [6.07, 6.45) is 2.43. The average molecular weight is 324 g/mol. The molecule has 0 saturated heterocycles. The van der Waals surface area contributed by atoms with E-state index in [1.54, 1.807) is 11.3 Å². The average Bonchev–Trinajstić information content (AvgIpc) is 3.05. The Labute approximate surface area is 119 Å². The Balaban J connectivity index is 1.72. The van der Waals surface area contributed by atoms with Crippen molar-refractivity contribution in [2.75, 3.05) is 11.9 Å². The lowest BCUT2D eigenvalue weighted by Gasteiger charge is -2.11. The van der Waals surface area contributed by atoms with Crippen molar-refractivity contribution >= 4 is 43.3 Å². The fourth-order valence-electron chi connectivity index (χ4n) is 1.98. The maximum absolute atomic E-state index is 12.1. The molecule has 3 rings (SSSR count). The highest BCUT2D eigenvalue weighted by atomic mass is 79.9. The molecular weight excluding hydrogens is 310 g/mol. The second-order valence-corrected chi connectivity index (χ2v) is 6.61. The molecule has 1 aromatic carbocycles. The summed E-state index contributed by atoms with van der Waals surface area (Å²) in [6.45, 7) is 0.783. The summed E-state index contributed by atoms with van der Waals surface area (Å²) in [7, 11) is 0. The van der Waals surface area contributed by atoms with Crippen LogP contribution in [0.3, 0.4) is 0 Å². The number of thiophene rings is 1. The van der Waals surface area contributed by atoms with E-state index in [2.05, 4.69) is 27.3 Å². The first-order chi connectivity index (χ1) is 8.72. The van der Waals surface area contributed by atoms with Gasteiger partial charge in [0.2, 0.25) is 0 Å². The van der Waals surface area contributed by atoms with E-state index in [4.69, 9.17) is 0 Å². The minimum Gasteiger partial charge on any atom is -0.351 e. The third kappa shape index (κ3) is 2.31. The van der Waals surface area contributed by atoms with Gasteiger partial charge in [0.1, 0.15) is 0 Å². The van der Waals surface area contributed by atoms with Crippen LogP contribution in [-0.4, -0.2) is 17.8 Å². The largest absolute Gasteiger partial charge is 0.351 e. The lowest BCUT2D eigenvalue weighted by atomic mass is 10.1. The molecule has 1 heterocycles. The van der Waals surface area contributed by atoms with E-state index in [-0.39, 0.29) is 5.91 Å². The van der Waals surface area contributed by atoms with Gasteiger partial charge in [0.25, 0.3) is 5.91 Å². The van der Waals surface area contributed by atoms with Crippen molar-refractivity contribution in [1.82, 2.24) is 5.32 Å². The van der Waals surface area contributed by atoms with Crippen LogP contribution in [0.1, 0.15) is 22.5 Å². The molecule has 1 saturated carbocycles. The number of carbonyl (C=O) groups is 1. The molecule has 1 N–H and O–H groups in total. The van der Waals surface area contributed by atoms with Crippen LogP contribution in [-0.2, 0) is 0 Å². The van der Waals surface area contributed by atoms with Gasteiger partial charge in [-0.3, -0.25) is 4.79 Å². The number of fused-ring (bicyclic) bond motifs is 1. The summed E-state index contributed by atoms with van der Waals surface area (Å²) < 4.78 is 1.17. The molecular formula is C14H14BrNOS. The first-order valence-electron chi connectivity index (χ1n) is 6.05. The van der Waals surface area contributed by atoms with E-state index in [0.29, 0.717) is 5.41 Å². The predicted molar refractivity (Wildman–Crippen MR) is 79.6 cm³/mol. The molecule has 0 atom stereocenters. The highest BCUT2D eigenvalue weighted by Gasteiger charge is 2.41. The summed E-state index contributed by atoms with van der Waals surface area (Å²) in [4.78, 5) is 12.9. The molecule has 1 fully saturated rings. The number of nitrogens with one attached hydrogen (secondary N) is 1. The number of amides is 1. The molecule has 2 aromatic rings. The smallest absolute Gasteiger partial charge is 0.261 e. The summed E-state index contributed by atoms with van der Waals surface area (Å²) >= 11 is 5.08. The molecule has 0 aliphatic heterocycles. The Morgan fingerprint density at radius 2 is 2.17 bits per heavy atom. The summed E-state index contributed by atoms with van der Waals surface area (Å²) in [5.41, 5.74) is 0.326. The van der Waals surface area contributed by atoms with Crippen molar-refractivity contribution in [2.24, 2.45) is 5.41 Å². The molecule has 1 aliphatic rings. The van der Waals surface area contributed by atoms with Gasteiger partial charge in [-0.2, -0.15) is 0 Å². The van der Waals surface area contributed by atoms with E-state index >= 15 is 0 Å². The second-order valence-electron chi connectivity index (χ2n) is 4.96. The third-order valence-corrected chi connectivity index (χ3v) is 5.82. The summed E-state index contributed by atoms with van der Waals surface area (Å²) in [5, 5.41) is 5.18. The molecule has 18 heavy (non-hydrogen) atoms. The molecule has 1 aromatic heterocycles. The number of benzene rings is 1. The van der Waals surface area contributed by atoms with E-state index in [0.717, 1.165) is 22.1 Å². The first-order valence-corrected chi connectivity index (χ1v) is 7.99. The minimum absolute atomic E-state index is 0.0587. The fraction of sp³-hybridized carbons (Fsp3) is 0.357. The number of rotatable bonds is 4. The lowest BCUT2D eigenvalue weighted by molar-refractivity contribution is 0.0950. The van der Waals surface area contributed by atoms with Crippen molar-refractivity contribution < 1.29 is 4.79 Å². The van der Waals surface area contributed by atoms with Crippen molar-refractivity contribution in [1.29, 1.82) is 0 Å². The SMILES string of the molecule is O=C(NCC1(CBr)CC1)c1cc2ccccc2s1. The van der Waals surface area contributed by atoms with Crippen LogP contribution >= 0.6 is 27.3 Å². The minimum atomic E-state index is 0.0587. The highest BCUT2D eigenvalue weighted by Crippen LogP contribution is 2.46. The molecule has 0 radical (unpaired) electrons. The van der Waals surface area contributed by atoms with Gasteiger partial charge in [0.05, 0.1) is 4.88 Å². The van der Waals surface area contributed by atoms with E-state index in [1.807, 2.05) is 24.3 Å². The topological polar surface area (TPSA) is 29.1 Å². The van der Waals surface area contributed by atoms with Crippen molar-refractivity contribution in [3.63, 3.8) is 0 Å². The number of halogens is 1. The fourth-order valence-corrected chi connectivity index (χ4v) is 3.72. The standard InChI is InChI=1S/C14H14BrNOS/c15-8-14(5-6-14)9-16-13(17)12-7-10-3-1-2-4-11(10)18-12/h1-4,7H,5-6,8-9H2,(H,16,17). The van der Waals surface area contributed by atoms with Crippen LogP contribution in [0.4, 0.5) is 0 Å². The van der Waals surface area contributed by atoms with Crippen LogP contribution in [0, 0.1) is 5.41 Å². The van der Waals surface area contributed by atoms with Crippen molar-refractivity contribution in [3.05, 3.63) is 35.2 Å². The van der Waals surface area contributed by atoms with Crippen LogP contribution in [0.15, 0.2) is 30.3 Å². The first kappa shape index (κ1) is 12.2. The van der Waals surface area contributed by atoms with E-state index < -0.39 is 0 Å². The van der Waals surface area contributed by atoms with E-state index in [1.165, 1.54) is 17.5 Å².